The summed E-state index contributed by atoms with van der Waals surface area (Å²) >= 11 is 0. The van der Waals surface area contributed by atoms with Gasteiger partial charge in [-0.1, -0.05) is 0 Å². The molecule has 0 fully saturated rings. The van der Waals surface area contributed by atoms with Gasteiger partial charge in [-0.15, -0.1) is 0 Å². The van der Waals surface area contributed by atoms with Gasteiger partial charge in [0, 0.05) is 51.2 Å². The molecule has 4 N–H and O–H groups in total. The molecule has 0 amide bonds. The second-order valence-corrected chi connectivity index (χ2v) is 3.32. The summed E-state index contributed by atoms with van der Waals surface area (Å²) in [6.45, 7) is 3.27. The topological polar surface area (TPSA) is 82.1 Å². The van der Waals surface area contributed by atoms with E-state index in [0.717, 1.165) is 25.2 Å². The van der Waals surface area contributed by atoms with Gasteiger partial charge in [-0.25, -0.2) is 9.97 Å². The van der Waals surface area contributed by atoms with Crippen molar-refractivity contribution in [3.63, 3.8) is 0 Å². The summed E-state index contributed by atoms with van der Waals surface area (Å²) in [5, 5.41) is 17.8. The molecular weight excluding hydrogens is 206 g/mol. The van der Waals surface area contributed by atoms with E-state index in [2.05, 4.69) is 25.9 Å². The quantitative estimate of drug-likeness (QED) is 0.433. The van der Waals surface area contributed by atoms with E-state index in [0.29, 0.717) is 12.5 Å². The van der Waals surface area contributed by atoms with Crippen molar-refractivity contribution in [2.75, 3.05) is 38.6 Å². The predicted octanol–water partition coefficient (Wildman–Crippen LogP) is -0.810. The minimum atomic E-state index is 0.180. The zero-order valence-electron chi connectivity index (χ0n) is 9.53. The molecule has 0 aliphatic carbocycles. The Hall–Kier alpha value is -1.24. The molecule has 1 rings (SSSR count). The zero-order valence-corrected chi connectivity index (χ0v) is 9.53. The first kappa shape index (κ1) is 12.8. The maximum atomic E-state index is 8.54. The molecule has 0 radical (unpaired) electrons. The summed E-state index contributed by atoms with van der Waals surface area (Å²) in [6, 6.07) is 0. The highest BCUT2D eigenvalue weighted by Gasteiger charge is 1.95. The number of aromatic nitrogens is 2. The van der Waals surface area contributed by atoms with Crippen LogP contribution in [0.2, 0.25) is 0 Å². The molecule has 0 bridgehead atoms. The molecule has 0 aromatic carbocycles. The molecule has 0 atom stereocenters. The van der Waals surface area contributed by atoms with E-state index in [9.17, 15) is 0 Å². The lowest BCUT2D eigenvalue weighted by atomic mass is 10.3. The lowest BCUT2D eigenvalue weighted by molar-refractivity contribution is 0.292. The molecule has 0 aliphatic heterocycles. The van der Waals surface area contributed by atoms with Gasteiger partial charge in [-0.2, -0.15) is 0 Å². The Balaban J connectivity index is 2.12. The van der Waals surface area contributed by atoms with Gasteiger partial charge in [-0.3, -0.25) is 0 Å². The Kier molecular flexibility index (Phi) is 6.39. The molecule has 6 heteroatoms. The van der Waals surface area contributed by atoms with Crippen molar-refractivity contribution >= 4 is 5.95 Å². The Bertz CT molecular complexity index is 277. The molecule has 90 valence electrons. The molecule has 1 aromatic heterocycles. The number of aliphatic hydroxyl groups excluding tert-OH is 1. The summed E-state index contributed by atoms with van der Waals surface area (Å²) in [7, 11) is 1.79. The second-order valence-electron chi connectivity index (χ2n) is 3.32. The minimum Gasteiger partial charge on any atom is -0.395 e. The van der Waals surface area contributed by atoms with Crippen molar-refractivity contribution in [3.8, 4) is 0 Å². The van der Waals surface area contributed by atoms with Crippen molar-refractivity contribution in [2.24, 2.45) is 0 Å². The molecule has 1 heterocycles. The van der Waals surface area contributed by atoms with Crippen LogP contribution in [0.5, 0.6) is 0 Å². The average molecular weight is 225 g/mol. The normalized spacial score (nSPS) is 10.4. The highest BCUT2D eigenvalue weighted by molar-refractivity contribution is 5.22. The molecule has 0 saturated heterocycles. The molecule has 1 aromatic rings. The average Bonchev–Trinajstić information content (AvgIpc) is 2.34. The zero-order chi connectivity index (χ0) is 11.6. The number of anilines is 1. The van der Waals surface area contributed by atoms with Gasteiger partial charge in [0.2, 0.25) is 5.95 Å². The number of nitrogens with one attached hydrogen (secondary N) is 3. The maximum absolute atomic E-state index is 8.54. The first-order valence-corrected chi connectivity index (χ1v) is 5.37. The number of hydrogen-bond donors (Lipinski definition) is 4. The summed E-state index contributed by atoms with van der Waals surface area (Å²) in [5.74, 6) is 0.633. The van der Waals surface area contributed by atoms with Crippen molar-refractivity contribution in [1.82, 2.24) is 20.6 Å². The third kappa shape index (κ3) is 5.01. The first-order valence-electron chi connectivity index (χ1n) is 5.37. The lowest BCUT2D eigenvalue weighted by Crippen LogP contribution is -2.28. The SMILES string of the molecule is CNc1ncc(CNCCNCCO)cn1. The van der Waals surface area contributed by atoms with Crippen LogP contribution in [0.1, 0.15) is 5.56 Å². The van der Waals surface area contributed by atoms with Crippen molar-refractivity contribution in [1.29, 1.82) is 0 Å². The fourth-order valence-corrected chi connectivity index (χ4v) is 1.19. The summed E-state index contributed by atoms with van der Waals surface area (Å²) in [4.78, 5) is 8.23. The fraction of sp³-hybridized carbons (Fsp3) is 0.600. The number of hydrogen-bond acceptors (Lipinski definition) is 6. The molecular formula is C10H19N5O. The Morgan fingerprint density at radius 2 is 1.81 bits per heavy atom. The maximum Gasteiger partial charge on any atom is 0.222 e. The molecule has 0 spiro atoms. The van der Waals surface area contributed by atoms with Crippen LogP contribution in [-0.2, 0) is 6.54 Å². The van der Waals surface area contributed by atoms with Crippen LogP contribution in [0.4, 0.5) is 5.95 Å². The standard InChI is InChI=1S/C10H19N5O/c1-11-10-14-7-9(8-15-10)6-13-3-2-12-4-5-16/h7-8,12-13,16H,2-6H2,1H3,(H,11,14,15). The summed E-state index contributed by atoms with van der Waals surface area (Å²) < 4.78 is 0. The third-order valence-corrected chi connectivity index (χ3v) is 2.03. The lowest BCUT2D eigenvalue weighted by Gasteiger charge is -2.05. The van der Waals surface area contributed by atoms with E-state index < -0.39 is 0 Å². The smallest absolute Gasteiger partial charge is 0.222 e. The number of rotatable bonds is 8. The van der Waals surface area contributed by atoms with E-state index in [1.54, 1.807) is 19.4 Å². The van der Waals surface area contributed by atoms with Crippen LogP contribution >= 0.6 is 0 Å². The van der Waals surface area contributed by atoms with Gasteiger partial charge in [0.25, 0.3) is 0 Å². The van der Waals surface area contributed by atoms with Crippen LogP contribution in [0.3, 0.4) is 0 Å². The van der Waals surface area contributed by atoms with Crippen molar-refractivity contribution in [3.05, 3.63) is 18.0 Å². The second kappa shape index (κ2) is 7.98. The monoisotopic (exact) mass is 225 g/mol. The van der Waals surface area contributed by atoms with Gasteiger partial charge < -0.3 is 21.1 Å². The Morgan fingerprint density at radius 3 is 2.44 bits per heavy atom. The van der Waals surface area contributed by atoms with E-state index in [1.165, 1.54) is 0 Å². The number of nitrogens with zero attached hydrogens (tertiary/aromatic N) is 2. The highest BCUT2D eigenvalue weighted by Crippen LogP contribution is 1.98. The molecule has 16 heavy (non-hydrogen) atoms. The van der Waals surface area contributed by atoms with E-state index in [1.807, 2.05) is 0 Å². The van der Waals surface area contributed by atoms with E-state index >= 15 is 0 Å². The largest absolute Gasteiger partial charge is 0.395 e. The first-order chi connectivity index (χ1) is 7.86. The van der Waals surface area contributed by atoms with Gasteiger partial charge in [-0.05, 0) is 0 Å². The van der Waals surface area contributed by atoms with Crippen LogP contribution in [0.25, 0.3) is 0 Å². The van der Waals surface area contributed by atoms with Crippen LogP contribution in [0, 0.1) is 0 Å². The van der Waals surface area contributed by atoms with Crippen LogP contribution in [-0.4, -0.2) is 48.4 Å². The minimum absolute atomic E-state index is 0.180. The molecule has 0 aliphatic rings. The number of aliphatic hydroxyl groups is 1. The van der Waals surface area contributed by atoms with Crippen molar-refractivity contribution < 1.29 is 5.11 Å². The molecule has 0 saturated carbocycles. The Labute approximate surface area is 95.5 Å². The van der Waals surface area contributed by atoms with Gasteiger partial charge in [0.1, 0.15) is 0 Å². The third-order valence-electron chi connectivity index (χ3n) is 2.03. The highest BCUT2D eigenvalue weighted by atomic mass is 16.3. The fourth-order valence-electron chi connectivity index (χ4n) is 1.19. The van der Waals surface area contributed by atoms with Crippen LogP contribution in [0.15, 0.2) is 12.4 Å². The Morgan fingerprint density at radius 1 is 1.12 bits per heavy atom. The van der Waals surface area contributed by atoms with E-state index in [-0.39, 0.29) is 6.61 Å². The summed E-state index contributed by atoms with van der Waals surface area (Å²) in [6.07, 6.45) is 3.60. The van der Waals surface area contributed by atoms with Gasteiger partial charge >= 0.3 is 0 Å². The molecule has 0 unspecified atom stereocenters. The van der Waals surface area contributed by atoms with Gasteiger partial charge in [0.05, 0.1) is 6.61 Å². The summed E-state index contributed by atoms with van der Waals surface area (Å²) in [5.41, 5.74) is 1.06. The van der Waals surface area contributed by atoms with Crippen molar-refractivity contribution in [2.45, 2.75) is 6.54 Å². The van der Waals surface area contributed by atoms with Crippen LogP contribution < -0.4 is 16.0 Å². The van der Waals surface area contributed by atoms with E-state index in [4.69, 9.17) is 5.11 Å². The predicted molar refractivity (Wildman–Crippen MR) is 63.2 cm³/mol. The van der Waals surface area contributed by atoms with Gasteiger partial charge in [0.15, 0.2) is 0 Å². The molecule has 6 nitrogen and oxygen atoms in total.